The Morgan fingerprint density at radius 1 is 1.13 bits per heavy atom. The molecule has 0 amide bonds. The zero-order valence-electron chi connectivity index (χ0n) is 9.86. The lowest BCUT2D eigenvalue weighted by atomic mass is 10.2. The van der Waals surface area contributed by atoms with E-state index in [0.717, 1.165) is 0 Å². The van der Waals surface area contributed by atoms with Crippen LogP contribution in [0.2, 0.25) is 0 Å². The maximum atomic E-state index is 9.29. The molecular formula is C10H23NO4. The maximum absolute atomic E-state index is 9.29. The Kier molecular flexibility index (Phi) is 10.2. The highest BCUT2D eigenvalue weighted by molar-refractivity contribution is 4.69. The largest absolute Gasteiger partial charge is 0.392 e. The average molecular weight is 221 g/mol. The number of ether oxygens (including phenoxy) is 3. The van der Waals surface area contributed by atoms with Gasteiger partial charge < -0.3 is 24.6 Å². The van der Waals surface area contributed by atoms with Crippen LogP contribution >= 0.6 is 0 Å². The normalized spacial score (nSPS) is 15.2. The molecule has 0 aromatic carbocycles. The lowest BCUT2D eigenvalue weighted by Gasteiger charge is -2.18. The van der Waals surface area contributed by atoms with Crippen LogP contribution in [0.5, 0.6) is 0 Å². The Morgan fingerprint density at radius 3 is 2.27 bits per heavy atom. The number of nitrogens with one attached hydrogen (secondary N) is 1. The summed E-state index contributed by atoms with van der Waals surface area (Å²) in [6.07, 6.45) is -0.413. The summed E-state index contributed by atoms with van der Waals surface area (Å²) >= 11 is 0. The zero-order valence-corrected chi connectivity index (χ0v) is 9.86. The van der Waals surface area contributed by atoms with Gasteiger partial charge in [0, 0.05) is 7.11 Å². The smallest absolute Gasteiger partial charge is 0.0701 e. The Hall–Kier alpha value is -0.200. The molecule has 15 heavy (non-hydrogen) atoms. The molecule has 0 aliphatic heterocycles. The van der Waals surface area contributed by atoms with E-state index in [-0.39, 0.29) is 6.04 Å². The average Bonchev–Trinajstić information content (AvgIpc) is 2.21. The van der Waals surface area contributed by atoms with Crippen LogP contribution in [0.25, 0.3) is 0 Å². The van der Waals surface area contributed by atoms with Gasteiger partial charge in [-0.1, -0.05) is 0 Å². The molecule has 2 N–H and O–H groups in total. The van der Waals surface area contributed by atoms with E-state index in [0.29, 0.717) is 33.0 Å². The number of rotatable bonds is 10. The SMILES string of the molecule is CNC(COCCOCCOC)C(C)O. The first-order chi connectivity index (χ1) is 7.22. The van der Waals surface area contributed by atoms with E-state index >= 15 is 0 Å². The van der Waals surface area contributed by atoms with Gasteiger partial charge in [-0.3, -0.25) is 0 Å². The second-order valence-corrected chi connectivity index (χ2v) is 3.32. The summed E-state index contributed by atoms with van der Waals surface area (Å²) in [7, 11) is 3.44. The maximum Gasteiger partial charge on any atom is 0.0701 e. The van der Waals surface area contributed by atoms with E-state index in [4.69, 9.17) is 14.2 Å². The molecule has 0 radical (unpaired) electrons. The number of methoxy groups -OCH3 is 1. The number of hydrogen-bond donors (Lipinski definition) is 2. The minimum Gasteiger partial charge on any atom is -0.392 e. The molecule has 0 aromatic heterocycles. The molecule has 0 aliphatic carbocycles. The Bertz CT molecular complexity index is 133. The van der Waals surface area contributed by atoms with Crippen molar-refractivity contribution in [3.05, 3.63) is 0 Å². The van der Waals surface area contributed by atoms with Crippen molar-refractivity contribution in [3.63, 3.8) is 0 Å². The van der Waals surface area contributed by atoms with Crippen LogP contribution in [0.1, 0.15) is 6.92 Å². The van der Waals surface area contributed by atoms with Crippen molar-refractivity contribution in [1.82, 2.24) is 5.32 Å². The molecule has 0 fully saturated rings. The van der Waals surface area contributed by atoms with E-state index in [1.54, 1.807) is 21.1 Å². The van der Waals surface area contributed by atoms with Gasteiger partial charge in [0.2, 0.25) is 0 Å². The minimum atomic E-state index is -0.413. The quantitative estimate of drug-likeness (QED) is 0.493. The van der Waals surface area contributed by atoms with Gasteiger partial charge in [0.1, 0.15) is 0 Å². The Morgan fingerprint density at radius 2 is 1.73 bits per heavy atom. The van der Waals surface area contributed by atoms with Gasteiger partial charge in [-0.25, -0.2) is 0 Å². The van der Waals surface area contributed by atoms with Crippen molar-refractivity contribution in [2.24, 2.45) is 0 Å². The molecule has 0 spiro atoms. The third-order valence-electron chi connectivity index (χ3n) is 2.05. The number of likely N-dealkylation sites (N-methyl/N-ethyl adjacent to an activating group) is 1. The molecule has 92 valence electrons. The van der Waals surface area contributed by atoms with Crippen LogP contribution in [0, 0.1) is 0 Å². The molecule has 0 bridgehead atoms. The highest BCUT2D eigenvalue weighted by Gasteiger charge is 2.11. The van der Waals surface area contributed by atoms with E-state index < -0.39 is 6.10 Å². The van der Waals surface area contributed by atoms with Crippen LogP contribution < -0.4 is 5.32 Å². The summed E-state index contributed by atoms with van der Waals surface area (Å²) in [5.41, 5.74) is 0. The van der Waals surface area contributed by atoms with Crippen LogP contribution in [-0.4, -0.2) is 64.4 Å². The first kappa shape index (κ1) is 14.8. The van der Waals surface area contributed by atoms with Gasteiger partial charge in [-0.05, 0) is 14.0 Å². The van der Waals surface area contributed by atoms with E-state index in [1.807, 2.05) is 0 Å². The van der Waals surface area contributed by atoms with Gasteiger partial charge >= 0.3 is 0 Å². The second kappa shape index (κ2) is 10.3. The molecule has 2 unspecified atom stereocenters. The molecule has 0 aliphatic rings. The van der Waals surface area contributed by atoms with Gasteiger partial charge in [0.25, 0.3) is 0 Å². The summed E-state index contributed by atoms with van der Waals surface area (Å²) in [5.74, 6) is 0. The lowest BCUT2D eigenvalue weighted by Crippen LogP contribution is -2.40. The van der Waals surface area contributed by atoms with Crippen LogP contribution in [0.4, 0.5) is 0 Å². The predicted octanol–water partition coefficient (Wildman–Crippen LogP) is -0.365. The fourth-order valence-electron chi connectivity index (χ4n) is 1.04. The van der Waals surface area contributed by atoms with E-state index in [1.165, 1.54) is 0 Å². The monoisotopic (exact) mass is 221 g/mol. The molecule has 5 nitrogen and oxygen atoms in total. The molecule has 2 atom stereocenters. The summed E-state index contributed by atoms with van der Waals surface area (Å²) in [6, 6.07) is -0.0241. The van der Waals surface area contributed by atoms with Gasteiger partial charge in [0.05, 0.1) is 45.2 Å². The highest BCUT2D eigenvalue weighted by atomic mass is 16.5. The topological polar surface area (TPSA) is 60.0 Å². The van der Waals surface area contributed by atoms with Crippen LogP contribution in [0.3, 0.4) is 0 Å². The fourth-order valence-corrected chi connectivity index (χ4v) is 1.04. The van der Waals surface area contributed by atoms with Crippen LogP contribution in [0.15, 0.2) is 0 Å². The molecule has 0 saturated carbocycles. The van der Waals surface area contributed by atoms with E-state index in [9.17, 15) is 5.11 Å². The van der Waals surface area contributed by atoms with Crippen molar-refractivity contribution in [2.45, 2.75) is 19.1 Å². The minimum absolute atomic E-state index is 0.0241. The summed E-state index contributed by atoms with van der Waals surface area (Å²) in [5, 5.41) is 12.3. The fraction of sp³-hybridized carbons (Fsp3) is 1.00. The standard InChI is InChI=1S/C10H23NO4/c1-9(12)10(11-2)8-15-7-6-14-5-4-13-3/h9-12H,4-8H2,1-3H3. The molecule has 0 rings (SSSR count). The van der Waals surface area contributed by atoms with Crippen molar-refractivity contribution < 1.29 is 19.3 Å². The molecule has 0 heterocycles. The predicted molar refractivity (Wildman–Crippen MR) is 58.0 cm³/mol. The molecular weight excluding hydrogens is 198 g/mol. The van der Waals surface area contributed by atoms with Gasteiger partial charge in [-0.15, -0.1) is 0 Å². The van der Waals surface area contributed by atoms with Crippen molar-refractivity contribution in [1.29, 1.82) is 0 Å². The van der Waals surface area contributed by atoms with Gasteiger partial charge in [0.15, 0.2) is 0 Å². The van der Waals surface area contributed by atoms with Crippen molar-refractivity contribution in [3.8, 4) is 0 Å². The van der Waals surface area contributed by atoms with Crippen molar-refractivity contribution in [2.75, 3.05) is 47.2 Å². The third kappa shape index (κ3) is 8.77. The third-order valence-corrected chi connectivity index (χ3v) is 2.05. The first-order valence-corrected chi connectivity index (χ1v) is 5.22. The first-order valence-electron chi connectivity index (χ1n) is 5.22. The molecule has 0 saturated heterocycles. The lowest BCUT2D eigenvalue weighted by molar-refractivity contribution is 0.00745. The molecule has 5 heteroatoms. The highest BCUT2D eigenvalue weighted by Crippen LogP contribution is 1.92. The van der Waals surface area contributed by atoms with Gasteiger partial charge in [-0.2, -0.15) is 0 Å². The number of hydrogen-bond acceptors (Lipinski definition) is 5. The second-order valence-electron chi connectivity index (χ2n) is 3.32. The van der Waals surface area contributed by atoms with E-state index in [2.05, 4.69) is 5.32 Å². The zero-order chi connectivity index (χ0) is 11.5. The summed E-state index contributed by atoms with van der Waals surface area (Å²) < 4.78 is 15.4. The molecule has 0 aromatic rings. The van der Waals surface area contributed by atoms with Crippen LogP contribution in [-0.2, 0) is 14.2 Å². The Balaban J connectivity index is 3.22. The number of aliphatic hydroxyl groups is 1. The summed E-state index contributed by atoms with van der Waals surface area (Å²) in [4.78, 5) is 0. The Labute approximate surface area is 91.7 Å². The van der Waals surface area contributed by atoms with Crippen molar-refractivity contribution >= 4 is 0 Å². The number of aliphatic hydroxyl groups excluding tert-OH is 1. The summed E-state index contributed by atoms with van der Waals surface area (Å²) in [6.45, 7) is 4.51.